The smallest absolute Gasteiger partial charge is 0.310 e. The molecule has 0 fully saturated rings. The van der Waals surface area contributed by atoms with Crippen LogP contribution in [0.15, 0.2) is 18.3 Å². The minimum absolute atomic E-state index is 0.176. The van der Waals surface area contributed by atoms with E-state index in [0.717, 1.165) is 5.56 Å². The predicted molar refractivity (Wildman–Crippen MR) is 61.3 cm³/mol. The number of pyridine rings is 1. The van der Waals surface area contributed by atoms with Crippen molar-refractivity contribution in [2.24, 2.45) is 0 Å². The number of methoxy groups -OCH3 is 1. The third-order valence-electron chi connectivity index (χ3n) is 1.99. The summed E-state index contributed by atoms with van der Waals surface area (Å²) in [6.07, 6.45) is 1.53. The standard InChI is InChI=1S/C11H12N4O3/c1-18-9-3-2-8(6-14-9)7-15-11(17)10(16)13-5-4-12/h2-3,6H,5,7H2,1H3,(H,13,16)(H,15,17). The maximum absolute atomic E-state index is 11.3. The first-order valence-corrected chi connectivity index (χ1v) is 5.09. The van der Waals surface area contributed by atoms with Gasteiger partial charge in [0.15, 0.2) is 0 Å². The van der Waals surface area contributed by atoms with Gasteiger partial charge in [0.05, 0.1) is 13.2 Å². The summed E-state index contributed by atoms with van der Waals surface area (Å²) in [4.78, 5) is 26.3. The van der Waals surface area contributed by atoms with E-state index in [2.05, 4.69) is 15.6 Å². The second-order valence-electron chi connectivity index (χ2n) is 3.23. The van der Waals surface area contributed by atoms with Crippen LogP contribution in [0, 0.1) is 11.3 Å². The maximum Gasteiger partial charge on any atom is 0.310 e. The normalized spacial score (nSPS) is 9.11. The number of rotatable bonds is 4. The van der Waals surface area contributed by atoms with Crippen LogP contribution in [0.2, 0.25) is 0 Å². The van der Waals surface area contributed by atoms with Gasteiger partial charge in [0.2, 0.25) is 5.88 Å². The number of hydrogen-bond donors (Lipinski definition) is 2. The molecule has 1 rings (SSSR count). The molecule has 18 heavy (non-hydrogen) atoms. The average molecular weight is 248 g/mol. The van der Waals surface area contributed by atoms with Crippen LogP contribution < -0.4 is 15.4 Å². The molecule has 1 aromatic heterocycles. The van der Waals surface area contributed by atoms with Crippen LogP contribution in [0.25, 0.3) is 0 Å². The summed E-state index contributed by atoms with van der Waals surface area (Å²) < 4.78 is 4.88. The largest absolute Gasteiger partial charge is 0.481 e. The highest BCUT2D eigenvalue weighted by Gasteiger charge is 2.11. The third-order valence-corrected chi connectivity index (χ3v) is 1.99. The monoisotopic (exact) mass is 248 g/mol. The van der Waals surface area contributed by atoms with Gasteiger partial charge in [-0.2, -0.15) is 5.26 Å². The van der Waals surface area contributed by atoms with Crippen molar-refractivity contribution in [2.75, 3.05) is 13.7 Å². The van der Waals surface area contributed by atoms with Crippen molar-refractivity contribution in [1.29, 1.82) is 5.26 Å². The topological polar surface area (TPSA) is 104 Å². The Kier molecular flexibility index (Phi) is 5.12. The van der Waals surface area contributed by atoms with Gasteiger partial charge in [-0.3, -0.25) is 9.59 Å². The zero-order chi connectivity index (χ0) is 13.4. The van der Waals surface area contributed by atoms with Gasteiger partial charge in [0.1, 0.15) is 6.54 Å². The molecule has 0 unspecified atom stereocenters. The van der Waals surface area contributed by atoms with E-state index in [1.165, 1.54) is 13.3 Å². The number of nitrogens with zero attached hydrogens (tertiary/aromatic N) is 2. The lowest BCUT2D eigenvalue weighted by atomic mass is 10.3. The molecule has 1 aromatic rings. The van der Waals surface area contributed by atoms with Gasteiger partial charge in [-0.05, 0) is 5.56 Å². The van der Waals surface area contributed by atoms with Crippen LogP contribution in [-0.2, 0) is 16.1 Å². The maximum atomic E-state index is 11.3. The molecule has 0 radical (unpaired) electrons. The summed E-state index contributed by atoms with van der Waals surface area (Å²) in [6, 6.07) is 5.08. The van der Waals surface area contributed by atoms with Gasteiger partial charge in [0.25, 0.3) is 0 Å². The molecule has 0 saturated carbocycles. The van der Waals surface area contributed by atoms with Gasteiger partial charge in [-0.15, -0.1) is 0 Å². The SMILES string of the molecule is COc1ccc(CNC(=O)C(=O)NCC#N)cn1. The van der Waals surface area contributed by atoms with E-state index < -0.39 is 11.8 Å². The second kappa shape index (κ2) is 6.85. The summed E-state index contributed by atoms with van der Waals surface area (Å²) in [6.45, 7) is -0.0217. The number of nitrogens with one attached hydrogen (secondary N) is 2. The molecule has 94 valence electrons. The van der Waals surface area contributed by atoms with Crippen LogP contribution in [0.1, 0.15) is 5.56 Å². The summed E-state index contributed by atoms with van der Waals surface area (Å²) in [5.74, 6) is -1.16. The highest BCUT2D eigenvalue weighted by molar-refractivity contribution is 6.35. The van der Waals surface area contributed by atoms with E-state index in [1.54, 1.807) is 18.2 Å². The highest BCUT2D eigenvalue weighted by Crippen LogP contribution is 2.05. The fourth-order valence-electron chi connectivity index (χ4n) is 1.10. The molecule has 2 N–H and O–H groups in total. The van der Waals surface area contributed by atoms with E-state index in [-0.39, 0.29) is 13.1 Å². The van der Waals surface area contributed by atoms with Gasteiger partial charge < -0.3 is 15.4 Å². The van der Waals surface area contributed by atoms with Gasteiger partial charge >= 0.3 is 11.8 Å². The molecule has 7 heteroatoms. The van der Waals surface area contributed by atoms with Crippen molar-refractivity contribution < 1.29 is 14.3 Å². The quantitative estimate of drug-likeness (QED) is 0.544. The predicted octanol–water partition coefficient (Wildman–Crippen LogP) is -0.654. The van der Waals surface area contributed by atoms with Crippen molar-refractivity contribution in [3.05, 3.63) is 23.9 Å². The van der Waals surface area contributed by atoms with Crippen molar-refractivity contribution in [3.63, 3.8) is 0 Å². The number of carbonyl (C=O) groups is 2. The first-order chi connectivity index (χ1) is 8.67. The first kappa shape index (κ1) is 13.4. The Hall–Kier alpha value is -2.62. The van der Waals surface area contributed by atoms with E-state index in [9.17, 15) is 9.59 Å². The van der Waals surface area contributed by atoms with Crippen LogP contribution >= 0.6 is 0 Å². The Morgan fingerprint density at radius 3 is 2.67 bits per heavy atom. The van der Waals surface area contributed by atoms with Crippen molar-refractivity contribution in [3.8, 4) is 11.9 Å². The summed E-state index contributed by atoms with van der Waals surface area (Å²) in [7, 11) is 1.50. The molecule has 0 atom stereocenters. The molecule has 0 spiro atoms. The van der Waals surface area contributed by atoms with E-state index in [1.807, 2.05) is 0 Å². The highest BCUT2D eigenvalue weighted by atomic mass is 16.5. The van der Waals surface area contributed by atoms with Crippen molar-refractivity contribution in [2.45, 2.75) is 6.54 Å². The lowest BCUT2D eigenvalue weighted by molar-refractivity contribution is -0.139. The molecule has 0 saturated heterocycles. The lowest BCUT2D eigenvalue weighted by Gasteiger charge is -2.05. The number of aromatic nitrogens is 1. The van der Waals surface area contributed by atoms with E-state index in [4.69, 9.17) is 10.00 Å². The molecule has 7 nitrogen and oxygen atoms in total. The van der Waals surface area contributed by atoms with E-state index in [0.29, 0.717) is 5.88 Å². The Labute approximate surface area is 104 Å². The Morgan fingerprint density at radius 1 is 1.39 bits per heavy atom. The Balaban J connectivity index is 2.42. The van der Waals surface area contributed by atoms with Gasteiger partial charge in [-0.1, -0.05) is 6.07 Å². The lowest BCUT2D eigenvalue weighted by Crippen LogP contribution is -2.39. The molecular weight excluding hydrogens is 236 g/mol. The molecular formula is C11H12N4O3. The van der Waals surface area contributed by atoms with Gasteiger partial charge in [0, 0.05) is 18.8 Å². The minimum atomic E-state index is -0.835. The Bertz CT molecular complexity index is 464. The molecule has 2 amide bonds. The Morgan fingerprint density at radius 2 is 2.11 bits per heavy atom. The second-order valence-corrected chi connectivity index (χ2v) is 3.23. The molecule has 0 bridgehead atoms. The zero-order valence-corrected chi connectivity index (χ0v) is 9.77. The molecule has 0 aliphatic carbocycles. The minimum Gasteiger partial charge on any atom is -0.481 e. The van der Waals surface area contributed by atoms with E-state index >= 15 is 0 Å². The van der Waals surface area contributed by atoms with Crippen LogP contribution in [0.4, 0.5) is 0 Å². The number of hydrogen-bond acceptors (Lipinski definition) is 5. The average Bonchev–Trinajstić information content (AvgIpc) is 2.42. The van der Waals surface area contributed by atoms with Crippen LogP contribution in [-0.4, -0.2) is 30.5 Å². The molecule has 0 aliphatic rings. The fourth-order valence-corrected chi connectivity index (χ4v) is 1.10. The van der Waals surface area contributed by atoms with Gasteiger partial charge in [-0.25, -0.2) is 4.98 Å². The van der Waals surface area contributed by atoms with Crippen molar-refractivity contribution >= 4 is 11.8 Å². The summed E-state index contributed by atoms with van der Waals surface area (Å²) in [5, 5.41) is 12.8. The number of carbonyl (C=O) groups excluding carboxylic acids is 2. The zero-order valence-electron chi connectivity index (χ0n) is 9.77. The first-order valence-electron chi connectivity index (χ1n) is 5.09. The van der Waals surface area contributed by atoms with Crippen LogP contribution in [0.3, 0.4) is 0 Å². The third kappa shape index (κ3) is 4.09. The fraction of sp³-hybridized carbons (Fsp3) is 0.273. The number of ether oxygens (including phenoxy) is 1. The molecule has 1 heterocycles. The number of nitriles is 1. The van der Waals surface area contributed by atoms with Crippen LogP contribution in [0.5, 0.6) is 5.88 Å². The van der Waals surface area contributed by atoms with Crippen molar-refractivity contribution in [1.82, 2.24) is 15.6 Å². The summed E-state index contributed by atoms with van der Waals surface area (Å²) >= 11 is 0. The summed E-state index contributed by atoms with van der Waals surface area (Å²) in [5.41, 5.74) is 0.734. The molecule has 0 aliphatic heterocycles. The molecule has 0 aromatic carbocycles. The number of amides is 2.